The molecule has 3 aromatic carbocycles. The lowest BCUT2D eigenvalue weighted by atomic mass is 10.0. The van der Waals surface area contributed by atoms with Crippen LogP contribution >= 0.6 is 11.6 Å². The Balaban J connectivity index is 0.000000285. The van der Waals surface area contributed by atoms with E-state index in [0.29, 0.717) is 22.0 Å². The third-order valence-corrected chi connectivity index (χ3v) is 9.54. The van der Waals surface area contributed by atoms with E-state index in [1.54, 1.807) is 24.3 Å². The van der Waals surface area contributed by atoms with Gasteiger partial charge in [0.1, 0.15) is 24.5 Å². The minimum absolute atomic E-state index is 0.0923. The van der Waals surface area contributed by atoms with E-state index in [2.05, 4.69) is 54.2 Å². The summed E-state index contributed by atoms with van der Waals surface area (Å²) in [5.74, 6) is 1.15. The van der Waals surface area contributed by atoms with Gasteiger partial charge in [0.15, 0.2) is 0 Å². The average molecular weight is 708 g/mol. The number of aromatic nitrogens is 5. The van der Waals surface area contributed by atoms with E-state index in [1.807, 2.05) is 38.2 Å². The Kier molecular flexibility index (Phi) is 10.4. The van der Waals surface area contributed by atoms with Gasteiger partial charge >= 0.3 is 0 Å². The van der Waals surface area contributed by atoms with E-state index in [-0.39, 0.29) is 18.5 Å². The number of imidazole rings is 1. The van der Waals surface area contributed by atoms with Gasteiger partial charge in [-0.05, 0) is 79.9 Å². The molecule has 3 aromatic heterocycles. The first-order valence-corrected chi connectivity index (χ1v) is 17.4. The highest BCUT2D eigenvalue weighted by Gasteiger charge is 2.24. The normalized spacial score (nSPS) is 15.9. The van der Waals surface area contributed by atoms with Crippen LogP contribution in [0.4, 0.5) is 10.1 Å². The minimum Gasteiger partial charge on any atom is -0.473 e. The standard InChI is InChI=1S/C30H31ClFN5O2.C9H8N2O/c1-33-23-7-8-27-28(16-23)37(17-24-11-14-38-24)29(34-27)18-36-12-9-20(10-13-36)26-3-2-4-30(35-26)39-19-21-5-6-22(31)15-25(21)32;1-6-8-4-7(5-12)2-3-9(8)11-10-6/h2-9,15-16,24,33H,10-14,17-19H2,1H3;2-5H,1H3,(H,10,11). The molecule has 0 amide bonds. The lowest BCUT2D eigenvalue weighted by Gasteiger charge is -2.29. The number of pyridine rings is 1. The van der Waals surface area contributed by atoms with Gasteiger partial charge in [-0.2, -0.15) is 5.10 Å². The van der Waals surface area contributed by atoms with Gasteiger partial charge in [-0.25, -0.2) is 14.4 Å². The molecule has 262 valence electrons. The van der Waals surface area contributed by atoms with Crippen molar-refractivity contribution in [3.05, 3.63) is 118 Å². The molecule has 8 rings (SSSR count). The highest BCUT2D eigenvalue weighted by atomic mass is 35.5. The number of rotatable bonds is 10. The molecule has 12 heteroatoms. The minimum atomic E-state index is -0.384. The molecule has 0 saturated carbocycles. The second-order valence-corrected chi connectivity index (χ2v) is 13.2. The number of aryl methyl sites for hydroxylation is 1. The Hall–Kier alpha value is -5.10. The van der Waals surface area contributed by atoms with Crippen LogP contribution in [0.2, 0.25) is 5.02 Å². The number of hydrogen-bond donors (Lipinski definition) is 2. The zero-order valence-corrected chi connectivity index (χ0v) is 29.3. The lowest BCUT2D eigenvalue weighted by Crippen LogP contribution is -2.33. The van der Waals surface area contributed by atoms with Gasteiger partial charge in [-0.15, -0.1) is 0 Å². The van der Waals surface area contributed by atoms with E-state index in [1.165, 1.54) is 11.6 Å². The number of ether oxygens (including phenoxy) is 2. The first kappa shape index (κ1) is 34.4. The SMILES string of the molecule is CNc1ccc2nc(CN3CC=C(c4cccc(OCc5ccc(Cl)cc5F)n4)CC3)n(CC3CCO3)c2c1.Cc1[nH]nc2ccc(C=O)cc12. The molecule has 1 saturated heterocycles. The number of carbonyl (C=O) groups is 1. The molecule has 1 fully saturated rings. The number of fused-ring (bicyclic) bond motifs is 2. The molecule has 0 spiro atoms. The molecule has 2 N–H and O–H groups in total. The molecule has 2 aliphatic heterocycles. The summed E-state index contributed by atoms with van der Waals surface area (Å²) in [6, 6.07) is 22.0. The maximum Gasteiger partial charge on any atom is 0.214 e. The second kappa shape index (κ2) is 15.4. The van der Waals surface area contributed by atoms with Crippen molar-refractivity contribution in [2.75, 3.05) is 32.1 Å². The molecular weight excluding hydrogens is 669 g/mol. The first-order valence-electron chi connectivity index (χ1n) is 17.0. The highest BCUT2D eigenvalue weighted by Crippen LogP contribution is 2.27. The monoisotopic (exact) mass is 707 g/mol. The first-order chi connectivity index (χ1) is 24.9. The van der Waals surface area contributed by atoms with E-state index in [0.717, 1.165) is 96.7 Å². The number of benzene rings is 3. The largest absolute Gasteiger partial charge is 0.473 e. The zero-order chi connectivity index (χ0) is 35.3. The van der Waals surface area contributed by atoms with Crippen molar-refractivity contribution in [1.82, 2.24) is 29.6 Å². The molecule has 51 heavy (non-hydrogen) atoms. The van der Waals surface area contributed by atoms with Crippen LogP contribution in [0.1, 0.15) is 46.0 Å². The highest BCUT2D eigenvalue weighted by molar-refractivity contribution is 6.30. The lowest BCUT2D eigenvalue weighted by molar-refractivity contribution is -0.0591. The maximum atomic E-state index is 14.1. The third kappa shape index (κ3) is 7.96. The molecule has 1 unspecified atom stereocenters. The number of nitrogens with one attached hydrogen (secondary N) is 2. The topological polar surface area (TPSA) is 110 Å². The maximum absolute atomic E-state index is 14.1. The smallest absolute Gasteiger partial charge is 0.214 e. The van der Waals surface area contributed by atoms with Gasteiger partial charge in [-0.1, -0.05) is 29.8 Å². The zero-order valence-electron chi connectivity index (χ0n) is 28.5. The number of halogens is 2. The van der Waals surface area contributed by atoms with Crippen LogP contribution < -0.4 is 10.1 Å². The summed E-state index contributed by atoms with van der Waals surface area (Å²) in [6.07, 6.45) is 5.29. The van der Waals surface area contributed by atoms with E-state index >= 15 is 0 Å². The van der Waals surface area contributed by atoms with Crippen molar-refractivity contribution >= 4 is 51.1 Å². The number of anilines is 1. The van der Waals surface area contributed by atoms with Crippen molar-refractivity contribution in [3.63, 3.8) is 0 Å². The van der Waals surface area contributed by atoms with E-state index in [4.69, 9.17) is 26.1 Å². The summed E-state index contributed by atoms with van der Waals surface area (Å²) >= 11 is 5.85. The number of aldehydes is 1. The number of H-pyrrole nitrogens is 1. The number of nitrogens with zero attached hydrogens (tertiary/aromatic N) is 5. The number of aromatic amines is 1. The van der Waals surface area contributed by atoms with Crippen LogP contribution in [0.25, 0.3) is 27.5 Å². The fraction of sp³-hybridized carbons (Fsp3) is 0.282. The summed E-state index contributed by atoms with van der Waals surface area (Å²) in [4.78, 5) is 22.5. The van der Waals surface area contributed by atoms with Crippen molar-refractivity contribution < 1.29 is 18.7 Å². The van der Waals surface area contributed by atoms with Crippen molar-refractivity contribution in [2.45, 2.75) is 45.6 Å². The fourth-order valence-corrected chi connectivity index (χ4v) is 6.42. The van der Waals surface area contributed by atoms with E-state index < -0.39 is 0 Å². The molecule has 0 aliphatic carbocycles. The quantitative estimate of drug-likeness (QED) is 0.140. The Morgan fingerprint density at radius 3 is 2.71 bits per heavy atom. The van der Waals surface area contributed by atoms with Crippen LogP contribution in [-0.4, -0.2) is 68.8 Å². The van der Waals surface area contributed by atoms with Gasteiger partial charge in [0.25, 0.3) is 0 Å². The summed E-state index contributed by atoms with van der Waals surface area (Å²) < 4.78 is 28.0. The molecule has 5 heterocycles. The van der Waals surface area contributed by atoms with Crippen molar-refractivity contribution in [3.8, 4) is 5.88 Å². The van der Waals surface area contributed by atoms with Gasteiger partial charge in [0.2, 0.25) is 5.88 Å². The average Bonchev–Trinajstić information content (AvgIpc) is 3.68. The molecule has 10 nitrogen and oxygen atoms in total. The molecule has 6 aromatic rings. The summed E-state index contributed by atoms with van der Waals surface area (Å²) in [7, 11) is 1.94. The van der Waals surface area contributed by atoms with Crippen molar-refractivity contribution in [1.29, 1.82) is 0 Å². The Morgan fingerprint density at radius 2 is 1.96 bits per heavy atom. The van der Waals surface area contributed by atoms with Crippen LogP contribution in [-0.2, 0) is 24.4 Å². The Morgan fingerprint density at radius 1 is 1.10 bits per heavy atom. The fourth-order valence-electron chi connectivity index (χ4n) is 6.27. The number of hydrogen-bond acceptors (Lipinski definition) is 8. The Labute approximate surface area is 300 Å². The Bertz CT molecular complexity index is 2210. The molecule has 2 aliphatic rings. The van der Waals surface area contributed by atoms with Gasteiger partial charge in [0.05, 0.1) is 41.4 Å². The summed E-state index contributed by atoms with van der Waals surface area (Å²) in [5.41, 5.74) is 8.32. The van der Waals surface area contributed by atoms with Gasteiger partial charge in [-0.3, -0.25) is 14.8 Å². The molecule has 1 atom stereocenters. The molecule has 0 bridgehead atoms. The van der Waals surface area contributed by atoms with Crippen LogP contribution in [0.5, 0.6) is 5.88 Å². The summed E-state index contributed by atoms with van der Waals surface area (Å²) in [6.45, 7) is 6.17. The predicted molar refractivity (Wildman–Crippen MR) is 198 cm³/mol. The summed E-state index contributed by atoms with van der Waals surface area (Å²) in [5, 5.41) is 11.5. The van der Waals surface area contributed by atoms with Crippen LogP contribution in [0.3, 0.4) is 0 Å². The van der Waals surface area contributed by atoms with Crippen LogP contribution in [0.15, 0.2) is 78.9 Å². The van der Waals surface area contributed by atoms with E-state index in [9.17, 15) is 9.18 Å². The van der Waals surface area contributed by atoms with Gasteiger partial charge < -0.3 is 19.4 Å². The van der Waals surface area contributed by atoms with Crippen molar-refractivity contribution in [2.24, 2.45) is 0 Å². The van der Waals surface area contributed by atoms with Gasteiger partial charge in [0, 0.05) is 65.7 Å². The molecule has 0 radical (unpaired) electrons. The molecular formula is C39H39ClFN7O3. The number of carbonyl (C=O) groups excluding carboxylic acids is 1. The third-order valence-electron chi connectivity index (χ3n) is 9.30. The second-order valence-electron chi connectivity index (χ2n) is 12.7. The predicted octanol–water partition coefficient (Wildman–Crippen LogP) is 7.61. The van der Waals surface area contributed by atoms with Crippen LogP contribution in [0, 0.1) is 12.7 Å².